The maximum absolute atomic E-state index is 13.6. The summed E-state index contributed by atoms with van der Waals surface area (Å²) in [6, 6.07) is 11.7. The number of hydrogen-bond donors (Lipinski definition) is 2. The number of amides is 1. The maximum atomic E-state index is 13.6. The fourth-order valence-electron chi connectivity index (χ4n) is 2.35. The number of carbonyl (C=O) groups is 2. The SMILES string of the molecule is CC(=O)Oc1c(NC(=O)c2ccccc2)oc(-c2cc(F)ccc2Cl)c1O. The maximum Gasteiger partial charge on any atom is 0.308 e. The van der Waals surface area contributed by atoms with Gasteiger partial charge in [0.15, 0.2) is 5.76 Å². The zero-order valence-electron chi connectivity index (χ0n) is 14.0. The smallest absolute Gasteiger partial charge is 0.308 e. The van der Waals surface area contributed by atoms with Crippen LogP contribution in [0.1, 0.15) is 17.3 Å². The van der Waals surface area contributed by atoms with Crippen LogP contribution in [0.4, 0.5) is 10.3 Å². The summed E-state index contributed by atoms with van der Waals surface area (Å²) < 4.78 is 24.0. The number of anilines is 1. The highest BCUT2D eigenvalue weighted by molar-refractivity contribution is 6.33. The largest absolute Gasteiger partial charge is 0.502 e. The number of aromatic hydroxyl groups is 1. The molecule has 0 atom stereocenters. The Balaban J connectivity index is 2.06. The third-order valence-corrected chi connectivity index (χ3v) is 3.85. The molecular formula is C19H13ClFNO5. The van der Waals surface area contributed by atoms with Gasteiger partial charge < -0.3 is 14.3 Å². The number of benzene rings is 2. The van der Waals surface area contributed by atoms with Crippen LogP contribution in [0.2, 0.25) is 5.02 Å². The van der Waals surface area contributed by atoms with Gasteiger partial charge in [-0.05, 0) is 30.3 Å². The fourth-order valence-corrected chi connectivity index (χ4v) is 2.55. The molecule has 0 aliphatic rings. The molecule has 6 nitrogen and oxygen atoms in total. The van der Waals surface area contributed by atoms with Crippen molar-refractivity contribution in [1.82, 2.24) is 0 Å². The quantitative estimate of drug-likeness (QED) is 0.635. The third-order valence-electron chi connectivity index (χ3n) is 3.52. The number of esters is 1. The molecule has 0 bridgehead atoms. The van der Waals surface area contributed by atoms with Crippen LogP contribution in [-0.2, 0) is 4.79 Å². The molecule has 0 unspecified atom stereocenters. The number of rotatable bonds is 4. The Kier molecular flexibility index (Phi) is 5.14. The number of carbonyl (C=O) groups excluding carboxylic acids is 2. The fraction of sp³-hybridized carbons (Fsp3) is 0.0526. The van der Waals surface area contributed by atoms with E-state index in [1.165, 1.54) is 6.07 Å². The Morgan fingerprint density at radius 2 is 1.89 bits per heavy atom. The van der Waals surface area contributed by atoms with Crippen LogP contribution in [0.5, 0.6) is 11.5 Å². The Hall–Kier alpha value is -3.32. The predicted molar refractivity (Wildman–Crippen MR) is 96.5 cm³/mol. The number of ether oxygens (including phenoxy) is 1. The van der Waals surface area contributed by atoms with Crippen molar-refractivity contribution in [3.63, 3.8) is 0 Å². The second kappa shape index (κ2) is 7.51. The van der Waals surface area contributed by atoms with E-state index < -0.39 is 29.2 Å². The second-order valence-corrected chi connectivity index (χ2v) is 5.88. The summed E-state index contributed by atoms with van der Waals surface area (Å²) in [4.78, 5) is 23.7. The van der Waals surface area contributed by atoms with Crippen molar-refractivity contribution in [2.24, 2.45) is 0 Å². The zero-order valence-corrected chi connectivity index (χ0v) is 14.7. The van der Waals surface area contributed by atoms with Crippen LogP contribution in [0.3, 0.4) is 0 Å². The van der Waals surface area contributed by atoms with Gasteiger partial charge >= 0.3 is 5.97 Å². The van der Waals surface area contributed by atoms with Crippen LogP contribution in [0, 0.1) is 5.82 Å². The Labute approximate surface area is 158 Å². The third kappa shape index (κ3) is 3.93. The predicted octanol–water partition coefficient (Wildman–Crippen LogP) is 4.62. The Bertz CT molecular complexity index is 1020. The Morgan fingerprint density at radius 1 is 1.19 bits per heavy atom. The van der Waals surface area contributed by atoms with Crippen LogP contribution in [-0.4, -0.2) is 17.0 Å². The van der Waals surface area contributed by atoms with Crippen molar-refractivity contribution in [2.45, 2.75) is 6.92 Å². The molecule has 3 aromatic rings. The molecule has 0 fully saturated rings. The number of furan rings is 1. The summed E-state index contributed by atoms with van der Waals surface area (Å²) in [6.07, 6.45) is 0. The molecule has 0 saturated carbocycles. The van der Waals surface area contributed by atoms with E-state index in [2.05, 4.69) is 5.32 Å². The van der Waals surface area contributed by atoms with Gasteiger partial charge in [0.2, 0.25) is 17.4 Å². The first-order chi connectivity index (χ1) is 12.9. The van der Waals surface area contributed by atoms with E-state index in [4.69, 9.17) is 20.8 Å². The minimum Gasteiger partial charge on any atom is -0.502 e. The molecule has 3 rings (SSSR count). The normalized spacial score (nSPS) is 10.5. The van der Waals surface area contributed by atoms with Crippen molar-refractivity contribution in [1.29, 1.82) is 0 Å². The second-order valence-electron chi connectivity index (χ2n) is 5.48. The molecule has 0 saturated heterocycles. The Morgan fingerprint density at radius 3 is 2.56 bits per heavy atom. The van der Waals surface area contributed by atoms with E-state index in [0.717, 1.165) is 19.1 Å². The molecule has 8 heteroatoms. The van der Waals surface area contributed by atoms with Gasteiger partial charge in [-0.15, -0.1) is 0 Å². The van der Waals surface area contributed by atoms with Crippen molar-refractivity contribution in [2.75, 3.05) is 5.32 Å². The number of halogens is 2. The van der Waals surface area contributed by atoms with Gasteiger partial charge in [-0.1, -0.05) is 29.8 Å². The van der Waals surface area contributed by atoms with Crippen LogP contribution in [0.25, 0.3) is 11.3 Å². The van der Waals surface area contributed by atoms with Gasteiger partial charge in [-0.2, -0.15) is 0 Å². The summed E-state index contributed by atoms with van der Waals surface area (Å²) in [5.74, 6) is -3.49. The summed E-state index contributed by atoms with van der Waals surface area (Å²) in [5, 5.41) is 12.9. The first kappa shape index (κ1) is 18.5. The first-order valence-electron chi connectivity index (χ1n) is 7.73. The molecule has 0 spiro atoms. The van der Waals surface area contributed by atoms with Crippen molar-refractivity contribution < 1.29 is 28.2 Å². The standard InChI is InChI=1S/C19H13ClFNO5/c1-10(23)26-17-15(24)16(13-9-12(21)7-8-14(13)20)27-19(17)22-18(25)11-5-3-2-4-6-11/h2-9,24H,1H3,(H,22,25). The van der Waals surface area contributed by atoms with Crippen molar-refractivity contribution in [3.8, 4) is 22.8 Å². The van der Waals surface area contributed by atoms with Gasteiger partial charge in [-0.25, -0.2) is 4.39 Å². The van der Waals surface area contributed by atoms with Gasteiger partial charge in [-0.3, -0.25) is 14.9 Å². The lowest BCUT2D eigenvalue weighted by atomic mass is 10.1. The van der Waals surface area contributed by atoms with Gasteiger partial charge in [0.25, 0.3) is 5.91 Å². The van der Waals surface area contributed by atoms with Crippen molar-refractivity contribution >= 4 is 29.4 Å². The van der Waals surface area contributed by atoms with E-state index in [1.54, 1.807) is 30.3 Å². The molecule has 0 aliphatic carbocycles. The molecular weight excluding hydrogens is 377 g/mol. The van der Waals surface area contributed by atoms with Gasteiger partial charge in [0.05, 0.1) is 5.02 Å². The molecule has 0 radical (unpaired) electrons. The van der Waals surface area contributed by atoms with Crippen LogP contribution < -0.4 is 10.1 Å². The summed E-state index contributed by atoms with van der Waals surface area (Å²) in [7, 11) is 0. The lowest BCUT2D eigenvalue weighted by molar-refractivity contribution is -0.132. The van der Waals surface area contributed by atoms with E-state index in [-0.39, 0.29) is 22.2 Å². The topological polar surface area (TPSA) is 88.8 Å². The van der Waals surface area contributed by atoms with Gasteiger partial charge in [0.1, 0.15) is 5.82 Å². The molecule has 1 aromatic heterocycles. The molecule has 2 aromatic carbocycles. The zero-order chi connectivity index (χ0) is 19.6. The van der Waals surface area contributed by atoms with E-state index in [0.29, 0.717) is 5.56 Å². The number of nitrogens with one attached hydrogen (secondary N) is 1. The van der Waals surface area contributed by atoms with E-state index >= 15 is 0 Å². The molecule has 1 amide bonds. The minimum atomic E-state index is -0.752. The average molecular weight is 390 g/mol. The monoisotopic (exact) mass is 389 g/mol. The highest BCUT2D eigenvalue weighted by Crippen LogP contribution is 2.48. The number of hydrogen-bond acceptors (Lipinski definition) is 5. The van der Waals surface area contributed by atoms with Crippen LogP contribution in [0.15, 0.2) is 52.9 Å². The van der Waals surface area contributed by atoms with Crippen molar-refractivity contribution in [3.05, 3.63) is 64.9 Å². The lowest BCUT2D eigenvalue weighted by Crippen LogP contribution is -2.12. The highest BCUT2D eigenvalue weighted by atomic mass is 35.5. The molecule has 1 heterocycles. The molecule has 2 N–H and O–H groups in total. The molecule has 0 aliphatic heterocycles. The van der Waals surface area contributed by atoms with Gasteiger partial charge in [0, 0.05) is 18.1 Å². The summed E-state index contributed by atoms with van der Waals surface area (Å²) in [6.45, 7) is 1.12. The molecule has 27 heavy (non-hydrogen) atoms. The first-order valence-corrected chi connectivity index (χ1v) is 8.10. The minimum absolute atomic E-state index is 0.0304. The molecule has 138 valence electrons. The van der Waals surface area contributed by atoms with Crippen LogP contribution >= 0.6 is 11.6 Å². The average Bonchev–Trinajstić information content (AvgIpc) is 2.93. The summed E-state index contributed by atoms with van der Waals surface area (Å²) in [5.41, 5.74) is 0.343. The summed E-state index contributed by atoms with van der Waals surface area (Å²) >= 11 is 6.04. The van der Waals surface area contributed by atoms with E-state index in [1.807, 2.05) is 0 Å². The highest BCUT2D eigenvalue weighted by Gasteiger charge is 2.27. The lowest BCUT2D eigenvalue weighted by Gasteiger charge is -2.04. The van der Waals surface area contributed by atoms with E-state index in [9.17, 15) is 19.1 Å².